The molecule has 1 heterocycles. The van der Waals surface area contributed by atoms with Gasteiger partial charge in [-0.15, -0.1) is 0 Å². The topological polar surface area (TPSA) is 77.5 Å². The van der Waals surface area contributed by atoms with Crippen LogP contribution in [0.15, 0.2) is 33.4 Å². The molecule has 1 aromatic heterocycles. The maximum atomic E-state index is 13.5. The second kappa shape index (κ2) is 6.02. The molecule has 0 saturated carbocycles. The Morgan fingerprint density at radius 2 is 2.20 bits per heavy atom. The molecule has 0 bridgehead atoms. The minimum absolute atomic E-state index is 0.0524. The number of rotatable bonds is 4. The Balaban J connectivity index is 2.18. The number of hydrogen-bond donors (Lipinski definition) is 2. The van der Waals surface area contributed by atoms with Crippen molar-refractivity contribution < 1.29 is 22.7 Å². The van der Waals surface area contributed by atoms with E-state index in [9.17, 15) is 13.6 Å². The molecule has 5 nitrogen and oxygen atoms in total. The Kier molecular flexibility index (Phi) is 4.35. The molecular formula is C12H9BrF2N2O3. The highest BCUT2D eigenvalue weighted by molar-refractivity contribution is 9.10. The van der Waals surface area contributed by atoms with E-state index < -0.39 is 17.5 Å². The fourth-order valence-electron chi connectivity index (χ4n) is 1.51. The lowest BCUT2D eigenvalue weighted by molar-refractivity contribution is 0.0922. The summed E-state index contributed by atoms with van der Waals surface area (Å²) in [5, 5.41) is 0. The Morgan fingerprint density at radius 3 is 2.90 bits per heavy atom. The number of hydrazine groups is 1. The van der Waals surface area contributed by atoms with E-state index in [1.54, 1.807) is 0 Å². The molecule has 106 valence electrons. The number of carbonyl (C=O) groups excluding carboxylic acids is 1. The average molecular weight is 347 g/mol. The summed E-state index contributed by atoms with van der Waals surface area (Å²) in [5.74, 6) is 1.86. The van der Waals surface area contributed by atoms with Crippen molar-refractivity contribution in [3.63, 3.8) is 0 Å². The molecule has 3 N–H and O–H groups in total. The summed E-state index contributed by atoms with van der Waals surface area (Å²) in [4.78, 5) is 11.4. The zero-order valence-electron chi connectivity index (χ0n) is 9.95. The third-order valence-electron chi connectivity index (χ3n) is 2.43. The van der Waals surface area contributed by atoms with Gasteiger partial charge in [0.25, 0.3) is 0 Å². The van der Waals surface area contributed by atoms with Crippen molar-refractivity contribution in [1.82, 2.24) is 5.43 Å². The lowest BCUT2D eigenvalue weighted by Crippen LogP contribution is -2.30. The standard InChI is InChI=1S/C12H9BrF2N2O3/c13-7-3-8(14)10(15)9(4-7)20-5-6-1-2-19-11(6)12(18)17-16/h1-4H,5,16H2,(H,17,18). The molecule has 0 fully saturated rings. The zero-order chi connectivity index (χ0) is 14.7. The van der Waals surface area contributed by atoms with Gasteiger partial charge in [0.1, 0.15) is 6.61 Å². The van der Waals surface area contributed by atoms with Crippen molar-refractivity contribution in [3.05, 3.63) is 51.9 Å². The van der Waals surface area contributed by atoms with Gasteiger partial charge in [-0.2, -0.15) is 4.39 Å². The predicted octanol–water partition coefficient (Wildman–Crippen LogP) is 2.50. The number of benzene rings is 1. The largest absolute Gasteiger partial charge is 0.486 e. The molecule has 0 unspecified atom stereocenters. The van der Waals surface area contributed by atoms with E-state index in [1.165, 1.54) is 18.4 Å². The number of nitrogens with two attached hydrogens (primary N) is 1. The van der Waals surface area contributed by atoms with Crippen molar-refractivity contribution in [3.8, 4) is 5.75 Å². The lowest BCUT2D eigenvalue weighted by atomic mass is 10.2. The van der Waals surface area contributed by atoms with Crippen LogP contribution in [0.3, 0.4) is 0 Å². The van der Waals surface area contributed by atoms with Gasteiger partial charge in [0.15, 0.2) is 17.3 Å². The van der Waals surface area contributed by atoms with Gasteiger partial charge in [0, 0.05) is 10.0 Å². The van der Waals surface area contributed by atoms with E-state index in [-0.39, 0.29) is 18.1 Å². The average Bonchev–Trinajstić information content (AvgIpc) is 2.88. The SMILES string of the molecule is NNC(=O)c1occc1COc1cc(Br)cc(F)c1F. The second-order valence-corrected chi connectivity index (χ2v) is 4.65. The molecule has 0 aliphatic rings. The normalized spacial score (nSPS) is 10.4. The molecule has 20 heavy (non-hydrogen) atoms. The van der Waals surface area contributed by atoms with Crippen molar-refractivity contribution in [2.45, 2.75) is 6.61 Å². The minimum Gasteiger partial charge on any atom is -0.486 e. The number of ether oxygens (including phenoxy) is 1. The molecule has 1 aromatic carbocycles. The van der Waals surface area contributed by atoms with E-state index in [2.05, 4.69) is 15.9 Å². The Hall–Kier alpha value is -1.93. The number of halogens is 3. The molecule has 2 rings (SSSR count). The molecule has 1 amide bonds. The number of furan rings is 1. The molecule has 2 aromatic rings. The van der Waals surface area contributed by atoms with Crippen molar-refractivity contribution in [2.75, 3.05) is 0 Å². The van der Waals surface area contributed by atoms with Gasteiger partial charge >= 0.3 is 5.91 Å². The Bertz CT molecular complexity index is 646. The first-order valence-electron chi connectivity index (χ1n) is 5.37. The van der Waals surface area contributed by atoms with Gasteiger partial charge < -0.3 is 9.15 Å². The summed E-state index contributed by atoms with van der Waals surface area (Å²) < 4.78 is 37.1. The highest BCUT2D eigenvalue weighted by atomic mass is 79.9. The van der Waals surface area contributed by atoms with E-state index in [0.717, 1.165) is 6.07 Å². The van der Waals surface area contributed by atoms with Gasteiger partial charge in [-0.25, -0.2) is 10.2 Å². The van der Waals surface area contributed by atoms with Crippen LogP contribution in [0.1, 0.15) is 16.1 Å². The van der Waals surface area contributed by atoms with Crippen LogP contribution < -0.4 is 16.0 Å². The first kappa shape index (κ1) is 14.5. The first-order valence-corrected chi connectivity index (χ1v) is 6.17. The smallest absolute Gasteiger partial charge is 0.301 e. The van der Waals surface area contributed by atoms with Crippen LogP contribution in [0.25, 0.3) is 0 Å². The number of carbonyl (C=O) groups is 1. The van der Waals surface area contributed by atoms with Crippen LogP contribution in [-0.4, -0.2) is 5.91 Å². The van der Waals surface area contributed by atoms with Crippen LogP contribution in [0.2, 0.25) is 0 Å². The fourth-order valence-corrected chi connectivity index (χ4v) is 1.92. The third-order valence-corrected chi connectivity index (χ3v) is 2.88. The van der Waals surface area contributed by atoms with Gasteiger partial charge in [0.2, 0.25) is 5.82 Å². The van der Waals surface area contributed by atoms with Crippen LogP contribution in [0.5, 0.6) is 5.75 Å². The maximum absolute atomic E-state index is 13.5. The fraction of sp³-hybridized carbons (Fsp3) is 0.0833. The van der Waals surface area contributed by atoms with E-state index >= 15 is 0 Å². The quantitative estimate of drug-likeness (QED) is 0.386. The van der Waals surface area contributed by atoms with Crippen molar-refractivity contribution in [1.29, 1.82) is 0 Å². The Labute approximate surface area is 120 Å². The highest BCUT2D eigenvalue weighted by Gasteiger charge is 2.16. The van der Waals surface area contributed by atoms with Gasteiger partial charge in [0.05, 0.1) is 6.26 Å². The van der Waals surface area contributed by atoms with Crippen LogP contribution in [-0.2, 0) is 6.61 Å². The number of nitrogens with one attached hydrogen (secondary N) is 1. The maximum Gasteiger partial charge on any atom is 0.301 e. The molecule has 0 spiro atoms. The summed E-state index contributed by atoms with van der Waals surface area (Å²) in [6.07, 6.45) is 1.26. The van der Waals surface area contributed by atoms with Crippen LogP contribution in [0.4, 0.5) is 8.78 Å². The first-order chi connectivity index (χ1) is 9.52. The summed E-state index contributed by atoms with van der Waals surface area (Å²) in [5.41, 5.74) is 2.26. The monoisotopic (exact) mass is 346 g/mol. The van der Waals surface area contributed by atoms with Gasteiger partial charge in [-0.3, -0.25) is 10.2 Å². The number of nitrogen functional groups attached to an aromatic ring is 1. The summed E-state index contributed by atoms with van der Waals surface area (Å²) in [6.45, 7) is -0.175. The molecule has 8 heteroatoms. The van der Waals surface area contributed by atoms with E-state index in [0.29, 0.717) is 10.0 Å². The van der Waals surface area contributed by atoms with E-state index in [1.807, 2.05) is 5.43 Å². The van der Waals surface area contributed by atoms with Crippen LogP contribution >= 0.6 is 15.9 Å². The highest BCUT2D eigenvalue weighted by Crippen LogP contribution is 2.26. The second-order valence-electron chi connectivity index (χ2n) is 3.74. The summed E-state index contributed by atoms with van der Waals surface area (Å²) in [6, 6.07) is 3.73. The molecule has 0 radical (unpaired) electrons. The molecule has 0 aliphatic carbocycles. The lowest BCUT2D eigenvalue weighted by Gasteiger charge is -2.08. The molecular weight excluding hydrogens is 338 g/mol. The number of hydrogen-bond acceptors (Lipinski definition) is 4. The molecule has 0 saturated heterocycles. The van der Waals surface area contributed by atoms with Crippen molar-refractivity contribution >= 4 is 21.8 Å². The molecule has 0 aliphatic heterocycles. The minimum atomic E-state index is -1.11. The summed E-state index contributed by atoms with van der Waals surface area (Å²) in [7, 11) is 0. The summed E-state index contributed by atoms with van der Waals surface area (Å²) >= 11 is 3.03. The van der Waals surface area contributed by atoms with Crippen LogP contribution in [0, 0.1) is 11.6 Å². The number of amides is 1. The van der Waals surface area contributed by atoms with Gasteiger partial charge in [-0.1, -0.05) is 15.9 Å². The van der Waals surface area contributed by atoms with Crippen molar-refractivity contribution in [2.24, 2.45) is 5.84 Å². The third kappa shape index (κ3) is 2.97. The predicted molar refractivity (Wildman–Crippen MR) is 68.8 cm³/mol. The Morgan fingerprint density at radius 1 is 1.45 bits per heavy atom. The molecule has 0 atom stereocenters. The zero-order valence-corrected chi connectivity index (χ0v) is 11.5. The van der Waals surface area contributed by atoms with E-state index in [4.69, 9.17) is 15.0 Å². The van der Waals surface area contributed by atoms with Gasteiger partial charge in [-0.05, 0) is 18.2 Å².